The van der Waals surface area contributed by atoms with Gasteiger partial charge in [-0.05, 0) is 30.3 Å². The Morgan fingerprint density at radius 1 is 1.00 bits per heavy atom. The van der Waals surface area contributed by atoms with E-state index in [9.17, 15) is 4.39 Å². The van der Waals surface area contributed by atoms with Crippen molar-refractivity contribution in [1.82, 2.24) is 4.98 Å². The van der Waals surface area contributed by atoms with E-state index in [2.05, 4.69) is 16.8 Å². The van der Waals surface area contributed by atoms with Crippen LogP contribution in [-0.2, 0) is 0 Å². The Balaban J connectivity index is 2.25. The second kappa shape index (κ2) is 4.78. The molecule has 0 spiro atoms. The molecule has 0 aliphatic heterocycles. The number of aromatic nitrogens is 1. The topological polar surface area (TPSA) is 12.9 Å². The van der Waals surface area contributed by atoms with E-state index in [0.29, 0.717) is 5.02 Å². The van der Waals surface area contributed by atoms with Crippen molar-refractivity contribution >= 4 is 11.6 Å². The second-order valence-corrected chi connectivity index (χ2v) is 3.59. The molecule has 0 fully saturated rings. The smallest absolute Gasteiger partial charge is 0.123 e. The summed E-state index contributed by atoms with van der Waals surface area (Å²) < 4.78 is 12.6. The van der Waals surface area contributed by atoms with E-state index >= 15 is 0 Å². The maximum Gasteiger partial charge on any atom is 0.123 e. The number of hydrogen-bond donors (Lipinski definition) is 0. The van der Waals surface area contributed by atoms with Crippen molar-refractivity contribution < 1.29 is 4.39 Å². The molecule has 0 saturated carbocycles. The molecule has 16 heavy (non-hydrogen) atoms. The molecule has 0 N–H and O–H groups in total. The number of benzene rings is 1. The lowest BCUT2D eigenvalue weighted by Crippen LogP contribution is -1.79. The van der Waals surface area contributed by atoms with E-state index in [0.717, 1.165) is 11.1 Å². The van der Waals surface area contributed by atoms with Crippen molar-refractivity contribution in [2.45, 2.75) is 0 Å². The van der Waals surface area contributed by atoms with Gasteiger partial charge in [0.15, 0.2) is 0 Å². The lowest BCUT2D eigenvalue weighted by molar-refractivity contribution is 0.627. The third-order valence-electron chi connectivity index (χ3n) is 1.90. The quantitative estimate of drug-likeness (QED) is 0.634. The van der Waals surface area contributed by atoms with Gasteiger partial charge in [-0.15, -0.1) is 0 Å². The third-order valence-corrected chi connectivity index (χ3v) is 2.11. The van der Waals surface area contributed by atoms with Crippen molar-refractivity contribution in [2.24, 2.45) is 0 Å². The van der Waals surface area contributed by atoms with E-state index in [1.165, 1.54) is 12.1 Å². The standard InChI is InChI=1S/C13H7ClFN/c14-12-7-11(8-16-9-12)2-1-10-3-5-13(15)6-4-10/h3-9H. The molecule has 2 aromatic rings. The molecule has 2 rings (SSSR count). The summed E-state index contributed by atoms with van der Waals surface area (Å²) in [5, 5.41) is 0.547. The Hall–Kier alpha value is -1.85. The van der Waals surface area contributed by atoms with Crippen LogP contribution in [0.15, 0.2) is 42.7 Å². The van der Waals surface area contributed by atoms with Crippen molar-refractivity contribution in [3.63, 3.8) is 0 Å². The summed E-state index contributed by atoms with van der Waals surface area (Å²) in [6, 6.07) is 7.73. The Morgan fingerprint density at radius 2 is 1.69 bits per heavy atom. The van der Waals surface area contributed by atoms with Crippen LogP contribution in [0.5, 0.6) is 0 Å². The van der Waals surface area contributed by atoms with Crippen LogP contribution < -0.4 is 0 Å². The largest absolute Gasteiger partial charge is 0.262 e. The Morgan fingerprint density at radius 3 is 2.38 bits per heavy atom. The molecular formula is C13H7ClFN. The highest BCUT2D eigenvalue weighted by molar-refractivity contribution is 6.30. The molecular weight excluding hydrogens is 225 g/mol. The van der Waals surface area contributed by atoms with Gasteiger partial charge in [-0.2, -0.15) is 0 Å². The Kier molecular flexibility index (Phi) is 3.19. The number of halogens is 2. The van der Waals surface area contributed by atoms with Crippen molar-refractivity contribution in [3.05, 3.63) is 64.7 Å². The number of rotatable bonds is 0. The van der Waals surface area contributed by atoms with E-state index in [1.54, 1.807) is 30.6 Å². The summed E-state index contributed by atoms with van der Waals surface area (Å²) in [4.78, 5) is 3.92. The summed E-state index contributed by atoms with van der Waals surface area (Å²) in [6.45, 7) is 0. The fourth-order valence-electron chi connectivity index (χ4n) is 1.16. The van der Waals surface area contributed by atoms with Gasteiger partial charge in [-0.3, -0.25) is 4.98 Å². The molecule has 0 amide bonds. The van der Waals surface area contributed by atoms with Gasteiger partial charge in [-0.25, -0.2) is 4.39 Å². The highest BCUT2D eigenvalue weighted by Gasteiger charge is 1.91. The normalized spacial score (nSPS) is 9.38. The molecule has 0 atom stereocenters. The van der Waals surface area contributed by atoms with Gasteiger partial charge in [0.1, 0.15) is 5.82 Å². The predicted molar refractivity (Wildman–Crippen MR) is 61.6 cm³/mol. The van der Waals surface area contributed by atoms with E-state index in [1.807, 2.05) is 0 Å². The number of hydrogen-bond acceptors (Lipinski definition) is 1. The fraction of sp³-hybridized carbons (Fsp3) is 0. The molecule has 3 heteroatoms. The summed E-state index contributed by atoms with van der Waals surface area (Å²) in [7, 11) is 0. The van der Waals surface area contributed by atoms with Crippen LogP contribution in [0.1, 0.15) is 11.1 Å². The van der Waals surface area contributed by atoms with E-state index in [-0.39, 0.29) is 5.82 Å². The van der Waals surface area contributed by atoms with Crippen LogP contribution in [0.4, 0.5) is 4.39 Å². The average molecular weight is 232 g/mol. The minimum atomic E-state index is -0.269. The van der Waals surface area contributed by atoms with Crippen LogP contribution in [0.3, 0.4) is 0 Å². The molecule has 0 saturated heterocycles. The van der Waals surface area contributed by atoms with Crippen LogP contribution in [0.2, 0.25) is 5.02 Å². The zero-order valence-corrected chi connectivity index (χ0v) is 9.00. The van der Waals surface area contributed by atoms with Crippen LogP contribution in [0.25, 0.3) is 0 Å². The summed E-state index contributed by atoms with van der Waals surface area (Å²) in [5.41, 5.74) is 1.48. The number of nitrogens with zero attached hydrogens (tertiary/aromatic N) is 1. The predicted octanol–water partition coefficient (Wildman–Crippen LogP) is 3.27. The minimum absolute atomic E-state index is 0.269. The first-order valence-corrected chi connectivity index (χ1v) is 5.00. The molecule has 0 unspecified atom stereocenters. The molecule has 1 heterocycles. The Bertz CT molecular complexity index is 552. The maximum absolute atomic E-state index is 12.6. The molecule has 0 bridgehead atoms. The molecule has 1 nitrogen and oxygen atoms in total. The van der Waals surface area contributed by atoms with Gasteiger partial charge in [-0.1, -0.05) is 23.4 Å². The SMILES string of the molecule is Fc1ccc(C#Cc2cncc(Cl)c2)cc1. The lowest BCUT2D eigenvalue weighted by Gasteiger charge is -1.91. The van der Waals surface area contributed by atoms with Crippen LogP contribution >= 0.6 is 11.6 Å². The summed E-state index contributed by atoms with van der Waals surface area (Å²) in [5.74, 6) is 5.53. The molecule has 78 valence electrons. The minimum Gasteiger partial charge on any atom is -0.262 e. The highest BCUT2D eigenvalue weighted by atomic mass is 35.5. The van der Waals surface area contributed by atoms with Gasteiger partial charge < -0.3 is 0 Å². The average Bonchev–Trinajstić information content (AvgIpc) is 2.28. The van der Waals surface area contributed by atoms with Crippen molar-refractivity contribution in [2.75, 3.05) is 0 Å². The van der Waals surface area contributed by atoms with E-state index < -0.39 is 0 Å². The summed E-state index contributed by atoms with van der Waals surface area (Å²) >= 11 is 5.77. The maximum atomic E-state index is 12.6. The first-order valence-electron chi connectivity index (χ1n) is 4.62. The third kappa shape index (κ3) is 2.82. The molecule has 1 aromatic heterocycles. The first-order chi connectivity index (χ1) is 7.74. The number of pyridine rings is 1. The monoisotopic (exact) mass is 231 g/mol. The van der Waals surface area contributed by atoms with Crippen LogP contribution in [0, 0.1) is 17.7 Å². The Labute approximate surface area is 97.9 Å². The molecule has 0 aliphatic rings. The van der Waals surface area contributed by atoms with Gasteiger partial charge in [0.05, 0.1) is 5.02 Å². The lowest BCUT2D eigenvalue weighted by atomic mass is 10.2. The van der Waals surface area contributed by atoms with Crippen molar-refractivity contribution in [3.8, 4) is 11.8 Å². The molecule has 0 radical (unpaired) electrons. The molecule has 0 aliphatic carbocycles. The first kappa shape index (κ1) is 10.7. The van der Waals surface area contributed by atoms with Gasteiger partial charge in [0, 0.05) is 23.5 Å². The van der Waals surface area contributed by atoms with Gasteiger partial charge >= 0.3 is 0 Å². The summed E-state index contributed by atoms with van der Waals surface area (Å²) in [6.07, 6.45) is 3.17. The highest BCUT2D eigenvalue weighted by Crippen LogP contribution is 2.07. The van der Waals surface area contributed by atoms with Gasteiger partial charge in [0.2, 0.25) is 0 Å². The second-order valence-electron chi connectivity index (χ2n) is 3.15. The zero-order valence-electron chi connectivity index (χ0n) is 8.24. The van der Waals surface area contributed by atoms with E-state index in [4.69, 9.17) is 11.6 Å². The molecule has 1 aromatic carbocycles. The van der Waals surface area contributed by atoms with Crippen molar-refractivity contribution in [1.29, 1.82) is 0 Å². The van der Waals surface area contributed by atoms with Gasteiger partial charge in [0.25, 0.3) is 0 Å². The zero-order chi connectivity index (χ0) is 11.4. The fourth-order valence-corrected chi connectivity index (χ4v) is 1.33. The van der Waals surface area contributed by atoms with Crippen LogP contribution in [-0.4, -0.2) is 4.98 Å².